The van der Waals surface area contributed by atoms with Crippen molar-refractivity contribution in [2.24, 2.45) is 5.73 Å². The molecule has 1 amide bonds. The van der Waals surface area contributed by atoms with Crippen molar-refractivity contribution < 1.29 is 13.9 Å². The lowest BCUT2D eigenvalue weighted by Gasteiger charge is -2.14. The second kappa shape index (κ2) is 10.4. The van der Waals surface area contributed by atoms with Gasteiger partial charge in [0.05, 0.1) is 13.0 Å². The second-order valence-electron chi connectivity index (χ2n) is 10.0. The zero-order valence-electron chi connectivity index (χ0n) is 21.5. The predicted molar refractivity (Wildman–Crippen MR) is 153 cm³/mol. The molecule has 1 aliphatic heterocycles. The number of carbonyl (C=O) groups excluding carboxylic acids is 1. The largest absolute Gasteiger partial charge is 0.359 e. The van der Waals surface area contributed by atoms with Crippen LogP contribution in [0, 0.1) is 5.82 Å². The van der Waals surface area contributed by atoms with E-state index in [0.717, 1.165) is 50.1 Å². The predicted octanol–water partition coefficient (Wildman–Crippen LogP) is 6.20. The Labute approximate surface area is 227 Å². The third kappa shape index (κ3) is 5.19. The maximum atomic E-state index is 14.1. The van der Waals surface area contributed by atoms with E-state index in [2.05, 4.69) is 35.7 Å². The van der Waals surface area contributed by atoms with Crippen LogP contribution in [-0.2, 0) is 28.2 Å². The Bertz CT molecular complexity index is 1570. The second-order valence-corrected chi connectivity index (χ2v) is 10.0. The van der Waals surface area contributed by atoms with Crippen LogP contribution in [0.4, 0.5) is 4.39 Å². The van der Waals surface area contributed by atoms with Crippen LogP contribution in [-0.4, -0.2) is 12.5 Å². The zero-order chi connectivity index (χ0) is 26.8. The molecule has 0 saturated carbocycles. The molecule has 1 saturated heterocycles. The Kier molecular flexibility index (Phi) is 6.69. The summed E-state index contributed by atoms with van der Waals surface area (Å²) < 4.78 is 20.0. The van der Waals surface area contributed by atoms with Gasteiger partial charge in [0.1, 0.15) is 11.4 Å². The molecule has 4 aromatic rings. The number of epoxide rings is 1. The first-order valence-corrected chi connectivity index (χ1v) is 13.1. The van der Waals surface area contributed by atoms with Crippen molar-refractivity contribution in [3.63, 3.8) is 0 Å². The number of carbonyl (C=O) groups is 1. The van der Waals surface area contributed by atoms with E-state index in [1.165, 1.54) is 12.1 Å². The Morgan fingerprint density at radius 3 is 2.28 bits per heavy atom. The maximum Gasteiger partial charge on any atom is 0.224 e. The average molecular weight is 517 g/mol. The minimum Gasteiger partial charge on any atom is -0.359 e. The van der Waals surface area contributed by atoms with Crippen LogP contribution >= 0.6 is 0 Å². The first kappa shape index (κ1) is 25.0. The summed E-state index contributed by atoms with van der Waals surface area (Å²) in [6.07, 6.45) is 4.20. The fourth-order valence-electron chi connectivity index (χ4n) is 5.18. The lowest BCUT2D eigenvalue weighted by Crippen LogP contribution is -2.22. The molecule has 0 spiro atoms. The average Bonchev–Trinajstić information content (AvgIpc) is 3.72. The summed E-state index contributed by atoms with van der Waals surface area (Å²) in [5.74, 6) is -0.429. The Morgan fingerprint density at radius 1 is 0.897 bits per heavy atom. The van der Waals surface area contributed by atoms with E-state index in [4.69, 9.17) is 10.5 Å². The lowest BCUT2D eigenvalue weighted by atomic mass is 9.91. The van der Waals surface area contributed by atoms with Crippen LogP contribution in [0.25, 0.3) is 17.2 Å². The topological polar surface area (TPSA) is 67.7 Å². The number of ether oxygens (including phenoxy) is 1. The van der Waals surface area contributed by atoms with E-state index in [0.29, 0.717) is 19.7 Å². The van der Waals surface area contributed by atoms with Crippen LogP contribution in [0.2, 0.25) is 0 Å². The molecule has 4 aromatic carbocycles. The lowest BCUT2D eigenvalue weighted by molar-refractivity contribution is -0.120. The third-order valence-electron chi connectivity index (χ3n) is 7.44. The highest BCUT2D eigenvalue weighted by Crippen LogP contribution is 2.45. The zero-order valence-corrected chi connectivity index (χ0v) is 21.5. The van der Waals surface area contributed by atoms with Gasteiger partial charge in [0.25, 0.3) is 0 Å². The van der Waals surface area contributed by atoms with E-state index in [-0.39, 0.29) is 23.7 Å². The standard InChI is InChI=1S/C34H29FN2O2/c35-30-14-15-31-26(16-23-6-8-24(20-36)9-7-23)17-27(32(31)19-30)18-33(38)37-21-25-10-12-29(13-11-25)34(22-39-34)28-4-2-1-3-5-28/h1-17,19H,18,20-22,36H2,(H,37,38)/b26-16+. The normalized spacial score (nSPS) is 18.5. The quantitative estimate of drug-likeness (QED) is 0.274. The van der Waals surface area contributed by atoms with Gasteiger partial charge in [0, 0.05) is 13.1 Å². The molecule has 3 N–H and O–H groups in total. The van der Waals surface area contributed by atoms with Gasteiger partial charge in [-0.3, -0.25) is 4.79 Å². The molecule has 2 aliphatic rings. The monoisotopic (exact) mass is 516 g/mol. The maximum absolute atomic E-state index is 14.1. The van der Waals surface area contributed by atoms with Crippen LogP contribution in [0.3, 0.4) is 0 Å². The number of amides is 1. The molecule has 39 heavy (non-hydrogen) atoms. The van der Waals surface area contributed by atoms with E-state index in [1.54, 1.807) is 6.07 Å². The van der Waals surface area contributed by atoms with Gasteiger partial charge in [0.15, 0.2) is 0 Å². The molecule has 0 bridgehead atoms. The minimum absolute atomic E-state index is 0.111. The molecular weight excluding hydrogens is 487 g/mol. The van der Waals surface area contributed by atoms with Gasteiger partial charge >= 0.3 is 0 Å². The molecule has 5 heteroatoms. The summed E-state index contributed by atoms with van der Waals surface area (Å²) in [4.78, 5) is 12.9. The van der Waals surface area contributed by atoms with Crippen LogP contribution in [0.15, 0.2) is 103 Å². The van der Waals surface area contributed by atoms with Crippen LogP contribution in [0.5, 0.6) is 0 Å². The Morgan fingerprint density at radius 2 is 1.59 bits per heavy atom. The summed E-state index contributed by atoms with van der Waals surface area (Å²) in [5, 5.41) is 3.02. The van der Waals surface area contributed by atoms with Crippen molar-refractivity contribution in [1.82, 2.24) is 5.32 Å². The van der Waals surface area contributed by atoms with Gasteiger partial charge in [-0.2, -0.15) is 0 Å². The van der Waals surface area contributed by atoms with E-state index >= 15 is 0 Å². The molecule has 1 atom stereocenters. The molecule has 194 valence electrons. The first-order valence-electron chi connectivity index (χ1n) is 13.1. The van der Waals surface area contributed by atoms with Gasteiger partial charge in [-0.1, -0.05) is 84.9 Å². The van der Waals surface area contributed by atoms with Gasteiger partial charge in [-0.05, 0) is 74.4 Å². The smallest absolute Gasteiger partial charge is 0.224 e. The number of fused-ring (bicyclic) bond motifs is 1. The highest BCUT2D eigenvalue weighted by molar-refractivity contribution is 6.05. The summed E-state index contributed by atoms with van der Waals surface area (Å²) >= 11 is 0. The molecule has 0 aromatic heterocycles. The fourth-order valence-corrected chi connectivity index (χ4v) is 5.18. The molecule has 6 rings (SSSR count). The van der Waals surface area contributed by atoms with Gasteiger partial charge in [0.2, 0.25) is 5.91 Å². The highest BCUT2D eigenvalue weighted by Gasteiger charge is 2.47. The first-order chi connectivity index (χ1) is 19.0. The van der Waals surface area contributed by atoms with Crippen molar-refractivity contribution in [2.75, 3.05) is 6.61 Å². The molecule has 4 nitrogen and oxygen atoms in total. The van der Waals surface area contributed by atoms with E-state index < -0.39 is 0 Å². The number of hydrogen-bond donors (Lipinski definition) is 2. The summed E-state index contributed by atoms with van der Waals surface area (Å²) in [7, 11) is 0. The molecule has 1 heterocycles. The Balaban J connectivity index is 1.13. The molecule has 1 fully saturated rings. The molecule has 1 unspecified atom stereocenters. The number of halogens is 1. The van der Waals surface area contributed by atoms with Gasteiger partial charge < -0.3 is 15.8 Å². The van der Waals surface area contributed by atoms with Gasteiger partial charge in [-0.15, -0.1) is 0 Å². The number of allylic oxidation sites excluding steroid dienone is 2. The Hall–Kier alpha value is -4.32. The number of rotatable bonds is 8. The van der Waals surface area contributed by atoms with E-state index in [9.17, 15) is 9.18 Å². The number of nitrogens with one attached hydrogen (secondary N) is 1. The van der Waals surface area contributed by atoms with Crippen LogP contribution < -0.4 is 11.1 Å². The molecule has 1 aliphatic carbocycles. The molecular formula is C34H29FN2O2. The van der Waals surface area contributed by atoms with Crippen molar-refractivity contribution in [1.29, 1.82) is 0 Å². The van der Waals surface area contributed by atoms with Crippen molar-refractivity contribution in [3.8, 4) is 0 Å². The summed E-state index contributed by atoms with van der Waals surface area (Å²) in [6, 6.07) is 31.2. The fraction of sp³-hybridized carbons (Fsp3) is 0.147. The number of benzene rings is 4. The van der Waals surface area contributed by atoms with Gasteiger partial charge in [-0.25, -0.2) is 4.39 Å². The highest BCUT2D eigenvalue weighted by atomic mass is 19.1. The summed E-state index contributed by atoms with van der Waals surface area (Å²) in [5.41, 5.74) is 14.1. The van der Waals surface area contributed by atoms with E-state index in [1.807, 2.05) is 60.7 Å². The summed E-state index contributed by atoms with van der Waals surface area (Å²) in [6.45, 7) is 1.57. The third-order valence-corrected chi connectivity index (χ3v) is 7.44. The number of nitrogens with two attached hydrogens (primary N) is 1. The number of hydrogen-bond acceptors (Lipinski definition) is 3. The minimum atomic E-state index is -0.363. The van der Waals surface area contributed by atoms with Crippen molar-refractivity contribution in [2.45, 2.75) is 25.1 Å². The van der Waals surface area contributed by atoms with Crippen molar-refractivity contribution in [3.05, 3.63) is 148 Å². The SMILES string of the molecule is NCc1ccc(/C=C2\C=C(CC(=O)NCc3ccc(C4(c5ccccc5)CO4)cc3)c3cc(F)ccc32)cc1. The van der Waals surface area contributed by atoms with Crippen LogP contribution in [0.1, 0.15) is 45.4 Å². The van der Waals surface area contributed by atoms with Crippen molar-refractivity contribution >= 4 is 23.1 Å². The molecule has 0 radical (unpaired) electrons.